The van der Waals surface area contributed by atoms with Crippen LogP contribution in [0.3, 0.4) is 0 Å². The summed E-state index contributed by atoms with van der Waals surface area (Å²) >= 11 is 5.87. The summed E-state index contributed by atoms with van der Waals surface area (Å²) in [5.41, 5.74) is 5.69. The van der Waals surface area contributed by atoms with Crippen LogP contribution in [0.25, 0.3) is 0 Å². The van der Waals surface area contributed by atoms with Crippen molar-refractivity contribution < 1.29 is 26.7 Å². The normalized spacial score (nSPS) is 24.1. The number of nitrogens with zero attached hydrogens (tertiary/aromatic N) is 2. The van der Waals surface area contributed by atoms with Crippen molar-refractivity contribution in [3.05, 3.63) is 52.8 Å². The van der Waals surface area contributed by atoms with Gasteiger partial charge in [0, 0.05) is 37.4 Å². The van der Waals surface area contributed by atoms with E-state index in [-0.39, 0.29) is 30.2 Å². The molecule has 35 heavy (non-hydrogen) atoms. The van der Waals surface area contributed by atoms with Crippen LogP contribution in [0.15, 0.2) is 42.0 Å². The monoisotopic (exact) mass is 520 g/mol. The fraction of sp³-hybridized carbons (Fsp3) is 0.455. The van der Waals surface area contributed by atoms with Gasteiger partial charge >= 0.3 is 6.18 Å². The summed E-state index contributed by atoms with van der Waals surface area (Å²) in [6.07, 6.45) is -1.67. The van der Waals surface area contributed by atoms with Gasteiger partial charge < -0.3 is 26.2 Å². The first-order valence-corrected chi connectivity index (χ1v) is 11.2. The van der Waals surface area contributed by atoms with Gasteiger partial charge in [0.1, 0.15) is 17.7 Å². The van der Waals surface area contributed by atoms with Crippen LogP contribution in [-0.2, 0) is 4.79 Å². The molecule has 1 fully saturated rings. The van der Waals surface area contributed by atoms with Crippen molar-refractivity contribution in [2.24, 2.45) is 11.7 Å². The Hall–Kier alpha value is -3.02. The number of halogens is 6. The molecule has 2 heterocycles. The van der Waals surface area contributed by atoms with Crippen LogP contribution < -0.4 is 16.4 Å². The lowest BCUT2D eigenvalue weighted by atomic mass is 9.89. The van der Waals surface area contributed by atoms with E-state index in [2.05, 4.69) is 10.6 Å². The Bertz CT molecular complexity index is 1010. The van der Waals surface area contributed by atoms with Crippen molar-refractivity contribution in [1.29, 1.82) is 5.41 Å². The zero-order valence-corrected chi connectivity index (χ0v) is 19.6. The van der Waals surface area contributed by atoms with Gasteiger partial charge in [-0.25, -0.2) is 4.39 Å². The predicted octanol–water partition coefficient (Wildman–Crippen LogP) is 3.59. The SMILES string of the molecule is CN/C(N)=C(/F)C(=N)N1CCC(C(F)(F)F)C(N2CC=CC[C@@H](Nc3cc(F)cc(Cl)c3)C2=O)C1. The van der Waals surface area contributed by atoms with Gasteiger partial charge in [-0.1, -0.05) is 23.8 Å². The highest BCUT2D eigenvalue weighted by Crippen LogP contribution is 2.38. The molecule has 1 aromatic rings. The molecule has 192 valence electrons. The zero-order chi connectivity index (χ0) is 25.9. The van der Waals surface area contributed by atoms with Crippen LogP contribution in [0.1, 0.15) is 12.8 Å². The summed E-state index contributed by atoms with van der Waals surface area (Å²) in [7, 11) is 1.35. The summed E-state index contributed by atoms with van der Waals surface area (Å²) in [6.45, 7) is -0.743. The third-order valence-corrected chi connectivity index (χ3v) is 6.28. The van der Waals surface area contributed by atoms with E-state index in [1.807, 2.05) is 0 Å². The molecule has 0 spiro atoms. The Labute approximate surface area is 204 Å². The minimum absolute atomic E-state index is 0.0930. The Morgan fingerprint density at radius 1 is 1.26 bits per heavy atom. The van der Waals surface area contributed by atoms with Crippen LogP contribution in [-0.4, -0.2) is 66.5 Å². The molecular weight excluding hydrogens is 495 g/mol. The summed E-state index contributed by atoms with van der Waals surface area (Å²) < 4.78 is 70.1. The molecule has 1 saturated heterocycles. The average molecular weight is 521 g/mol. The van der Waals surface area contributed by atoms with Gasteiger partial charge in [-0.3, -0.25) is 10.2 Å². The average Bonchev–Trinajstić information content (AvgIpc) is 2.97. The Balaban J connectivity index is 1.89. The molecule has 3 rings (SSSR count). The first-order valence-electron chi connectivity index (χ1n) is 10.8. The van der Waals surface area contributed by atoms with Gasteiger partial charge in [-0.15, -0.1) is 0 Å². The number of anilines is 1. The standard InChI is InChI=1S/C22H26ClF5N6O/c1-31-19(29)18(25)20(30)33-7-5-15(22(26,27)28)17(11-33)34-6-3-2-4-16(21(34)35)32-14-9-12(23)8-13(24)10-14/h2-3,8-10,15-17,30-32H,4-7,11,29H2,1H3/b19-18+,30-20?/t15?,16-,17?/m1/s1. The molecule has 0 aromatic heterocycles. The number of likely N-dealkylation sites (tertiary alicyclic amines) is 1. The first-order chi connectivity index (χ1) is 16.4. The van der Waals surface area contributed by atoms with Crippen molar-refractivity contribution in [3.63, 3.8) is 0 Å². The lowest BCUT2D eigenvalue weighted by Crippen LogP contribution is -2.60. The second-order valence-electron chi connectivity index (χ2n) is 8.33. The molecule has 13 heteroatoms. The van der Waals surface area contributed by atoms with E-state index >= 15 is 0 Å². The van der Waals surface area contributed by atoms with Gasteiger partial charge in [-0.05, 0) is 31.0 Å². The summed E-state index contributed by atoms with van der Waals surface area (Å²) in [4.78, 5) is 15.6. The van der Waals surface area contributed by atoms with Crippen LogP contribution in [0, 0.1) is 17.1 Å². The number of alkyl halides is 3. The molecule has 0 radical (unpaired) electrons. The van der Waals surface area contributed by atoms with E-state index in [4.69, 9.17) is 22.7 Å². The highest BCUT2D eigenvalue weighted by molar-refractivity contribution is 6.30. The quantitative estimate of drug-likeness (QED) is 0.206. The maximum Gasteiger partial charge on any atom is 0.393 e. The van der Waals surface area contributed by atoms with Crippen molar-refractivity contribution >= 4 is 29.0 Å². The number of amides is 1. The molecule has 2 unspecified atom stereocenters. The Morgan fingerprint density at radius 3 is 2.60 bits per heavy atom. The van der Waals surface area contributed by atoms with Crippen LogP contribution in [0.2, 0.25) is 5.02 Å². The molecule has 5 N–H and O–H groups in total. The van der Waals surface area contributed by atoms with Crippen molar-refractivity contribution in [1.82, 2.24) is 15.1 Å². The maximum absolute atomic E-state index is 14.4. The van der Waals surface area contributed by atoms with Crippen molar-refractivity contribution in [2.45, 2.75) is 31.1 Å². The molecule has 2 aliphatic heterocycles. The van der Waals surface area contributed by atoms with E-state index in [0.29, 0.717) is 0 Å². The van der Waals surface area contributed by atoms with E-state index in [1.165, 1.54) is 13.1 Å². The Kier molecular flexibility index (Phi) is 8.14. The number of nitrogens with two attached hydrogens (primary N) is 1. The van der Waals surface area contributed by atoms with Crippen molar-refractivity contribution in [2.75, 3.05) is 32.0 Å². The minimum atomic E-state index is -4.62. The van der Waals surface area contributed by atoms with Gasteiger partial charge in [0.2, 0.25) is 11.7 Å². The van der Waals surface area contributed by atoms with Crippen LogP contribution in [0.5, 0.6) is 0 Å². The largest absolute Gasteiger partial charge is 0.393 e. The van der Waals surface area contributed by atoms with Gasteiger partial charge in [0.05, 0.1) is 12.0 Å². The van der Waals surface area contributed by atoms with E-state index in [9.17, 15) is 26.7 Å². The highest BCUT2D eigenvalue weighted by atomic mass is 35.5. The summed E-state index contributed by atoms with van der Waals surface area (Å²) in [5, 5.41) is 13.4. The highest BCUT2D eigenvalue weighted by Gasteiger charge is 2.51. The van der Waals surface area contributed by atoms with Gasteiger partial charge in [0.15, 0.2) is 5.84 Å². The molecule has 7 nitrogen and oxygen atoms in total. The first kappa shape index (κ1) is 26.6. The second-order valence-corrected chi connectivity index (χ2v) is 8.77. The number of amidine groups is 1. The number of nitrogens with one attached hydrogen (secondary N) is 3. The summed E-state index contributed by atoms with van der Waals surface area (Å²) in [5.74, 6) is -5.32. The van der Waals surface area contributed by atoms with Gasteiger partial charge in [0.25, 0.3) is 0 Å². The second kappa shape index (κ2) is 10.7. The maximum atomic E-state index is 14.4. The fourth-order valence-corrected chi connectivity index (χ4v) is 4.50. The number of rotatable bonds is 5. The predicted molar refractivity (Wildman–Crippen MR) is 123 cm³/mol. The van der Waals surface area contributed by atoms with Gasteiger partial charge in [-0.2, -0.15) is 17.6 Å². The number of piperidine rings is 1. The number of hydrogen-bond donors (Lipinski definition) is 4. The molecule has 1 aromatic carbocycles. The molecule has 2 aliphatic rings. The van der Waals surface area contributed by atoms with Crippen LogP contribution >= 0.6 is 11.6 Å². The topological polar surface area (TPSA) is 97.5 Å². The van der Waals surface area contributed by atoms with Crippen LogP contribution in [0.4, 0.5) is 27.6 Å². The van der Waals surface area contributed by atoms with Crippen molar-refractivity contribution in [3.8, 4) is 0 Å². The lowest BCUT2D eigenvalue weighted by Gasteiger charge is -2.45. The lowest BCUT2D eigenvalue weighted by molar-refractivity contribution is -0.201. The molecule has 0 saturated carbocycles. The zero-order valence-electron chi connectivity index (χ0n) is 18.8. The van der Waals surface area contributed by atoms with E-state index < -0.39 is 66.4 Å². The smallest absolute Gasteiger partial charge is 0.383 e. The fourth-order valence-electron chi connectivity index (χ4n) is 4.28. The third kappa shape index (κ3) is 6.16. The Morgan fingerprint density at radius 2 is 1.97 bits per heavy atom. The van der Waals surface area contributed by atoms with E-state index in [1.54, 1.807) is 12.2 Å². The number of carbonyl (C=O) groups excluding carboxylic acids is 1. The molecular formula is C22H26ClF5N6O. The molecule has 0 bridgehead atoms. The number of carbonyl (C=O) groups is 1. The minimum Gasteiger partial charge on any atom is -0.383 e. The number of hydrogen-bond acceptors (Lipinski definition) is 5. The summed E-state index contributed by atoms with van der Waals surface area (Å²) in [6, 6.07) is 1.25. The molecule has 1 amide bonds. The molecule has 0 aliphatic carbocycles. The molecule has 3 atom stereocenters. The third-order valence-electron chi connectivity index (χ3n) is 6.06. The number of benzene rings is 1. The van der Waals surface area contributed by atoms with E-state index in [0.717, 1.165) is 21.9 Å².